The number of nitrogens with zero attached hydrogens (tertiary/aromatic N) is 4. The summed E-state index contributed by atoms with van der Waals surface area (Å²) in [5.74, 6) is 0.717. The summed E-state index contributed by atoms with van der Waals surface area (Å²) < 4.78 is 1.98. The molecule has 0 saturated heterocycles. The average molecular weight is 350 g/mol. The van der Waals surface area contributed by atoms with Crippen LogP contribution in [0, 0.1) is 6.92 Å². The topological polar surface area (TPSA) is 80.9 Å². The molecule has 134 valence electrons. The molecule has 6 nitrogen and oxygen atoms in total. The van der Waals surface area contributed by atoms with Gasteiger partial charge in [-0.15, -0.1) is 0 Å². The second-order valence-corrected chi connectivity index (χ2v) is 6.23. The van der Waals surface area contributed by atoms with Crippen molar-refractivity contribution in [1.82, 2.24) is 19.7 Å². The molecule has 0 bridgehead atoms. The van der Waals surface area contributed by atoms with E-state index in [0.29, 0.717) is 12.0 Å². The maximum absolute atomic E-state index is 11.3. The number of carbonyl (C=O) groups is 1. The van der Waals surface area contributed by atoms with Gasteiger partial charge < -0.3 is 5.11 Å². The summed E-state index contributed by atoms with van der Waals surface area (Å²) in [6.45, 7) is 4.94. The molecule has 0 aliphatic rings. The van der Waals surface area contributed by atoms with Gasteiger partial charge in [-0.1, -0.05) is 43.7 Å². The van der Waals surface area contributed by atoms with Gasteiger partial charge in [0, 0.05) is 24.7 Å². The van der Waals surface area contributed by atoms with Crippen molar-refractivity contribution in [3.63, 3.8) is 0 Å². The molecule has 3 aromatic rings. The lowest BCUT2D eigenvalue weighted by molar-refractivity contribution is 0.0691. The number of benzene rings is 1. The van der Waals surface area contributed by atoms with Crippen LogP contribution in [0.3, 0.4) is 0 Å². The van der Waals surface area contributed by atoms with Crippen LogP contribution in [0.25, 0.3) is 11.1 Å². The molecule has 2 heterocycles. The van der Waals surface area contributed by atoms with Crippen LogP contribution in [0.1, 0.15) is 47.5 Å². The summed E-state index contributed by atoms with van der Waals surface area (Å²) in [5.41, 5.74) is 2.63. The Hall–Kier alpha value is -3.02. The number of hydrogen-bond donors (Lipinski definition) is 1. The highest BCUT2D eigenvalue weighted by atomic mass is 16.4. The number of aromatic carboxylic acids is 1. The Labute approximate surface area is 152 Å². The van der Waals surface area contributed by atoms with Crippen molar-refractivity contribution in [1.29, 1.82) is 0 Å². The Bertz CT molecular complexity index is 900. The van der Waals surface area contributed by atoms with E-state index in [1.807, 2.05) is 35.9 Å². The van der Waals surface area contributed by atoms with Crippen LogP contribution in [0.5, 0.6) is 0 Å². The van der Waals surface area contributed by atoms with Gasteiger partial charge in [-0.3, -0.25) is 0 Å². The molecule has 1 N–H and O–H groups in total. The first kappa shape index (κ1) is 17.8. The number of aryl methyl sites for hydroxylation is 2. The summed E-state index contributed by atoms with van der Waals surface area (Å²) in [5, 5.41) is 13.8. The molecule has 0 unspecified atom stereocenters. The lowest BCUT2D eigenvalue weighted by Crippen LogP contribution is -2.06. The van der Waals surface area contributed by atoms with Crippen LogP contribution in [0.15, 0.2) is 42.6 Å². The van der Waals surface area contributed by atoms with E-state index in [2.05, 4.69) is 22.0 Å². The highest BCUT2D eigenvalue weighted by Crippen LogP contribution is 2.23. The molecule has 1 aromatic carbocycles. The van der Waals surface area contributed by atoms with Crippen LogP contribution in [0.4, 0.5) is 0 Å². The lowest BCUT2D eigenvalue weighted by atomic mass is 10.0. The maximum atomic E-state index is 11.3. The van der Waals surface area contributed by atoms with Gasteiger partial charge in [-0.05, 0) is 30.5 Å². The van der Waals surface area contributed by atoms with E-state index in [9.17, 15) is 9.90 Å². The van der Waals surface area contributed by atoms with Crippen molar-refractivity contribution in [2.24, 2.45) is 0 Å². The van der Waals surface area contributed by atoms with Crippen LogP contribution in [-0.2, 0) is 13.0 Å². The Balaban J connectivity index is 1.82. The standard InChI is InChI=1S/C20H22N4O2/c1-3-4-12-24-18(22-14(2)23-24)13-15-7-9-16(10-8-15)17-6-5-11-21-19(17)20(25)26/h5-11H,3-4,12-13H2,1-2H3,(H,25,26). The molecule has 6 heteroatoms. The molecule has 0 amide bonds. The van der Waals surface area contributed by atoms with Crippen LogP contribution < -0.4 is 0 Å². The summed E-state index contributed by atoms with van der Waals surface area (Å²) in [6, 6.07) is 11.4. The molecular weight excluding hydrogens is 328 g/mol. The van der Waals surface area contributed by atoms with E-state index < -0.39 is 5.97 Å². The molecule has 0 aliphatic heterocycles. The highest BCUT2D eigenvalue weighted by molar-refractivity contribution is 5.93. The smallest absolute Gasteiger partial charge is 0.355 e. The third kappa shape index (κ3) is 3.96. The Kier molecular flexibility index (Phi) is 5.41. The fourth-order valence-electron chi connectivity index (χ4n) is 2.91. The molecular formula is C20H22N4O2. The molecule has 3 rings (SSSR count). The van der Waals surface area contributed by atoms with E-state index in [0.717, 1.165) is 42.2 Å². The van der Waals surface area contributed by atoms with Gasteiger partial charge in [0.05, 0.1) is 0 Å². The molecule has 26 heavy (non-hydrogen) atoms. The monoisotopic (exact) mass is 350 g/mol. The molecule has 0 spiro atoms. The largest absolute Gasteiger partial charge is 0.476 e. The van der Waals surface area contributed by atoms with E-state index in [1.54, 1.807) is 12.1 Å². The van der Waals surface area contributed by atoms with Crippen LogP contribution in [-0.4, -0.2) is 30.8 Å². The van der Waals surface area contributed by atoms with Gasteiger partial charge in [-0.25, -0.2) is 19.4 Å². The predicted octanol–water partition coefficient (Wildman–Crippen LogP) is 3.74. The second-order valence-electron chi connectivity index (χ2n) is 6.23. The summed E-state index contributed by atoms with van der Waals surface area (Å²) in [4.78, 5) is 19.9. The molecule has 0 saturated carbocycles. The lowest BCUT2D eigenvalue weighted by Gasteiger charge is -2.08. The van der Waals surface area contributed by atoms with Crippen LogP contribution >= 0.6 is 0 Å². The molecule has 0 atom stereocenters. The number of pyridine rings is 1. The predicted molar refractivity (Wildman–Crippen MR) is 99.1 cm³/mol. The molecule has 2 aromatic heterocycles. The van der Waals surface area contributed by atoms with Crippen molar-refractivity contribution in [3.8, 4) is 11.1 Å². The van der Waals surface area contributed by atoms with Crippen molar-refractivity contribution in [3.05, 3.63) is 65.5 Å². The SMILES string of the molecule is CCCCn1nc(C)nc1Cc1ccc(-c2cccnc2C(=O)O)cc1. The summed E-state index contributed by atoms with van der Waals surface area (Å²) in [6.07, 6.45) is 4.38. The number of aromatic nitrogens is 4. The number of hydrogen-bond acceptors (Lipinski definition) is 4. The van der Waals surface area contributed by atoms with Gasteiger partial charge in [0.15, 0.2) is 5.69 Å². The Morgan fingerprint density at radius 1 is 1.19 bits per heavy atom. The first-order valence-corrected chi connectivity index (χ1v) is 8.76. The van der Waals surface area contributed by atoms with E-state index in [-0.39, 0.29) is 5.69 Å². The zero-order valence-electron chi connectivity index (χ0n) is 15.0. The third-order valence-corrected chi connectivity index (χ3v) is 4.22. The normalized spacial score (nSPS) is 10.8. The number of carboxylic acids is 1. The maximum Gasteiger partial charge on any atom is 0.355 e. The highest BCUT2D eigenvalue weighted by Gasteiger charge is 2.13. The molecule has 0 aliphatic carbocycles. The van der Waals surface area contributed by atoms with Gasteiger partial charge in [0.1, 0.15) is 11.6 Å². The minimum Gasteiger partial charge on any atom is -0.476 e. The Morgan fingerprint density at radius 2 is 1.96 bits per heavy atom. The second kappa shape index (κ2) is 7.91. The van der Waals surface area contributed by atoms with E-state index >= 15 is 0 Å². The van der Waals surface area contributed by atoms with Crippen molar-refractivity contribution in [2.45, 2.75) is 39.7 Å². The van der Waals surface area contributed by atoms with E-state index in [4.69, 9.17) is 0 Å². The first-order chi connectivity index (χ1) is 12.6. The quantitative estimate of drug-likeness (QED) is 0.702. The van der Waals surface area contributed by atoms with Gasteiger partial charge >= 0.3 is 5.97 Å². The summed E-state index contributed by atoms with van der Waals surface area (Å²) in [7, 11) is 0. The molecule has 0 radical (unpaired) electrons. The zero-order valence-corrected chi connectivity index (χ0v) is 15.0. The van der Waals surface area contributed by atoms with Crippen molar-refractivity contribution in [2.75, 3.05) is 0 Å². The van der Waals surface area contributed by atoms with Gasteiger partial charge in [0.25, 0.3) is 0 Å². The zero-order chi connectivity index (χ0) is 18.5. The van der Waals surface area contributed by atoms with Crippen molar-refractivity contribution < 1.29 is 9.90 Å². The average Bonchev–Trinajstić information content (AvgIpc) is 2.99. The minimum absolute atomic E-state index is 0.0650. The minimum atomic E-state index is -1.02. The van der Waals surface area contributed by atoms with Gasteiger partial charge in [0.2, 0.25) is 0 Å². The first-order valence-electron chi connectivity index (χ1n) is 8.76. The van der Waals surface area contributed by atoms with E-state index in [1.165, 1.54) is 6.20 Å². The Morgan fingerprint density at radius 3 is 2.65 bits per heavy atom. The number of carboxylic acid groups (broad SMARTS) is 1. The number of unbranched alkanes of at least 4 members (excludes halogenated alkanes) is 1. The van der Waals surface area contributed by atoms with Crippen molar-refractivity contribution >= 4 is 5.97 Å². The fraction of sp³-hybridized carbons (Fsp3) is 0.300. The number of rotatable bonds is 7. The van der Waals surface area contributed by atoms with Crippen LogP contribution in [0.2, 0.25) is 0 Å². The molecule has 0 fully saturated rings. The summed E-state index contributed by atoms with van der Waals surface area (Å²) >= 11 is 0. The van der Waals surface area contributed by atoms with Gasteiger partial charge in [-0.2, -0.15) is 5.10 Å². The fourth-order valence-corrected chi connectivity index (χ4v) is 2.91. The third-order valence-electron chi connectivity index (χ3n) is 4.22.